The van der Waals surface area contributed by atoms with E-state index in [4.69, 9.17) is 9.47 Å². The fourth-order valence-corrected chi connectivity index (χ4v) is 1.68. The van der Waals surface area contributed by atoms with E-state index in [2.05, 4.69) is 17.4 Å². The molecule has 2 unspecified atom stereocenters. The molecule has 0 heterocycles. The second-order valence-corrected chi connectivity index (χ2v) is 3.42. The molecule has 3 nitrogen and oxygen atoms in total. The highest BCUT2D eigenvalue weighted by Crippen LogP contribution is 2.20. The largest absolute Gasteiger partial charge is 0.383 e. The van der Waals surface area contributed by atoms with Gasteiger partial charge >= 0.3 is 0 Å². The molecule has 1 N–H and O–H groups in total. The summed E-state index contributed by atoms with van der Waals surface area (Å²) >= 11 is 0. The molecule has 1 aromatic carbocycles. The van der Waals surface area contributed by atoms with Crippen LogP contribution in [0.4, 0.5) is 0 Å². The van der Waals surface area contributed by atoms with E-state index in [-0.39, 0.29) is 12.1 Å². The summed E-state index contributed by atoms with van der Waals surface area (Å²) < 4.78 is 10.7. The van der Waals surface area contributed by atoms with Crippen LogP contribution in [0.15, 0.2) is 30.3 Å². The number of rotatable bonds is 6. The lowest BCUT2D eigenvalue weighted by atomic mass is 10.0. The first kappa shape index (κ1) is 12.2. The van der Waals surface area contributed by atoms with Gasteiger partial charge in [0.15, 0.2) is 0 Å². The summed E-state index contributed by atoms with van der Waals surface area (Å²) in [6, 6.07) is 10.3. The number of hydrogen-bond acceptors (Lipinski definition) is 3. The molecule has 0 aromatic heterocycles. The van der Waals surface area contributed by atoms with E-state index in [1.807, 2.05) is 25.2 Å². The maximum Gasteiger partial charge on any atom is 0.0996 e. The second-order valence-electron chi connectivity index (χ2n) is 3.42. The van der Waals surface area contributed by atoms with Crippen molar-refractivity contribution >= 4 is 0 Å². The minimum Gasteiger partial charge on any atom is -0.383 e. The van der Waals surface area contributed by atoms with Crippen molar-refractivity contribution in [1.82, 2.24) is 5.32 Å². The molecular formula is C12H19NO2. The molecule has 0 saturated heterocycles. The molecule has 84 valence electrons. The van der Waals surface area contributed by atoms with E-state index < -0.39 is 0 Å². The van der Waals surface area contributed by atoms with Gasteiger partial charge in [-0.15, -0.1) is 0 Å². The van der Waals surface area contributed by atoms with Gasteiger partial charge < -0.3 is 14.8 Å². The van der Waals surface area contributed by atoms with Crippen molar-refractivity contribution in [2.75, 3.05) is 27.9 Å². The molecule has 0 aliphatic rings. The van der Waals surface area contributed by atoms with Crippen LogP contribution in [0.2, 0.25) is 0 Å². The van der Waals surface area contributed by atoms with Crippen molar-refractivity contribution in [2.45, 2.75) is 12.1 Å². The van der Waals surface area contributed by atoms with E-state index in [9.17, 15) is 0 Å². The van der Waals surface area contributed by atoms with Crippen molar-refractivity contribution < 1.29 is 9.47 Å². The Bertz CT molecular complexity index is 264. The molecule has 3 heteroatoms. The Kier molecular flexibility index (Phi) is 5.32. The average Bonchev–Trinajstić information content (AvgIpc) is 2.30. The van der Waals surface area contributed by atoms with Crippen LogP contribution in [0.1, 0.15) is 11.7 Å². The zero-order valence-corrected chi connectivity index (χ0v) is 9.57. The third-order valence-electron chi connectivity index (χ3n) is 2.46. The van der Waals surface area contributed by atoms with E-state index in [1.54, 1.807) is 14.2 Å². The normalized spacial score (nSPS) is 14.9. The molecule has 0 radical (unpaired) electrons. The van der Waals surface area contributed by atoms with E-state index in [0.29, 0.717) is 6.61 Å². The number of ether oxygens (including phenoxy) is 2. The van der Waals surface area contributed by atoms with Gasteiger partial charge in [-0.05, 0) is 12.6 Å². The Balaban J connectivity index is 2.77. The lowest BCUT2D eigenvalue weighted by Gasteiger charge is -2.25. The van der Waals surface area contributed by atoms with E-state index in [1.165, 1.54) is 0 Å². The summed E-state index contributed by atoms with van der Waals surface area (Å²) in [6.07, 6.45) is 0.0242. The summed E-state index contributed by atoms with van der Waals surface area (Å²) in [5.74, 6) is 0. The monoisotopic (exact) mass is 209 g/mol. The number of methoxy groups -OCH3 is 2. The SMILES string of the molecule is CNC(COC)C(OC)c1ccccc1. The van der Waals surface area contributed by atoms with Gasteiger partial charge in [0.25, 0.3) is 0 Å². The van der Waals surface area contributed by atoms with Crippen LogP contribution in [0.25, 0.3) is 0 Å². The maximum atomic E-state index is 5.50. The first-order valence-corrected chi connectivity index (χ1v) is 5.07. The number of likely N-dealkylation sites (N-methyl/N-ethyl adjacent to an activating group) is 1. The predicted octanol–water partition coefficient (Wildman–Crippen LogP) is 1.61. The minimum atomic E-state index is 0.0242. The molecule has 15 heavy (non-hydrogen) atoms. The van der Waals surface area contributed by atoms with Gasteiger partial charge in [-0.2, -0.15) is 0 Å². The van der Waals surface area contributed by atoms with Gasteiger partial charge in [-0.3, -0.25) is 0 Å². The molecule has 0 bridgehead atoms. The zero-order valence-electron chi connectivity index (χ0n) is 9.57. The van der Waals surface area contributed by atoms with Crippen LogP contribution in [-0.4, -0.2) is 33.9 Å². The smallest absolute Gasteiger partial charge is 0.0996 e. The quantitative estimate of drug-likeness (QED) is 0.772. The lowest BCUT2D eigenvalue weighted by molar-refractivity contribution is 0.0361. The Morgan fingerprint density at radius 2 is 1.87 bits per heavy atom. The average molecular weight is 209 g/mol. The highest BCUT2D eigenvalue weighted by molar-refractivity contribution is 5.19. The van der Waals surface area contributed by atoms with Crippen LogP contribution >= 0.6 is 0 Å². The van der Waals surface area contributed by atoms with Crippen LogP contribution < -0.4 is 5.32 Å². The summed E-state index contributed by atoms with van der Waals surface area (Å²) in [5, 5.41) is 3.20. The van der Waals surface area contributed by atoms with Gasteiger partial charge in [-0.25, -0.2) is 0 Å². The van der Waals surface area contributed by atoms with Crippen molar-refractivity contribution in [3.05, 3.63) is 35.9 Å². The molecule has 0 spiro atoms. The summed E-state index contributed by atoms with van der Waals surface area (Å²) in [6.45, 7) is 0.629. The third kappa shape index (κ3) is 3.30. The van der Waals surface area contributed by atoms with Gasteiger partial charge in [-0.1, -0.05) is 30.3 Å². The zero-order chi connectivity index (χ0) is 11.1. The Hall–Kier alpha value is -0.900. The second kappa shape index (κ2) is 6.56. The van der Waals surface area contributed by atoms with Gasteiger partial charge in [0.1, 0.15) is 0 Å². The highest BCUT2D eigenvalue weighted by Gasteiger charge is 2.20. The summed E-state index contributed by atoms with van der Waals surface area (Å²) in [4.78, 5) is 0. The maximum absolute atomic E-state index is 5.50. The topological polar surface area (TPSA) is 30.5 Å². The summed E-state index contributed by atoms with van der Waals surface area (Å²) in [5.41, 5.74) is 1.16. The third-order valence-corrected chi connectivity index (χ3v) is 2.46. The standard InChI is InChI=1S/C12H19NO2/c1-13-11(9-14-2)12(15-3)10-7-5-4-6-8-10/h4-8,11-13H,9H2,1-3H3. The number of benzene rings is 1. The Morgan fingerprint density at radius 3 is 2.33 bits per heavy atom. The number of hydrogen-bond donors (Lipinski definition) is 1. The minimum absolute atomic E-state index is 0.0242. The molecule has 0 aliphatic carbocycles. The van der Waals surface area contributed by atoms with Gasteiger partial charge in [0.05, 0.1) is 18.8 Å². The van der Waals surface area contributed by atoms with Gasteiger partial charge in [0, 0.05) is 14.2 Å². The molecule has 0 amide bonds. The van der Waals surface area contributed by atoms with Crippen molar-refractivity contribution in [3.63, 3.8) is 0 Å². The number of nitrogens with one attached hydrogen (secondary N) is 1. The van der Waals surface area contributed by atoms with Crippen LogP contribution in [0.3, 0.4) is 0 Å². The van der Waals surface area contributed by atoms with Crippen LogP contribution in [0, 0.1) is 0 Å². The van der Waals surface area contributed by atoms with E-state index >= 15 is 0 Å². The molecule has 1 rings (SSSR count). The summed E-state index contributed by atoms with van der Waals surface area (Å²) in [7, 11) is 5.33. The molecule has 1 aromatic rings. The van der Waals surface area contributed by atoms with Crippen molar-refractivity contribution in [2.24, 2.45) is 0 Å². The van der Waals surface area contributed by atoms with Crippen molar-refractivity contribution in [3.8, 4) is 0 Å². The fraction of sp³-hybridized carbons (Fsp3) is 0.500. The lowest BCUT2D eigenvalue weighted by Crippen LogP contribution is -2.37. The van der Waals surface area contributed by atoms with Gasteiger partial charge in [0.2, 0.25) is 0 Å². The Morgan fingerprint density at radius 1 is 1.20 bits per heavy atom. The first-order chi connectivity index (χ1) is 7.33. The molecular weight excluding hydrogens is 190 g/mol. The first-order valence-electron chi connectivity index (χ1n) is 5.07. The fourth-order valence-electron chi connectivity index (χ4n) is 1.68. The van der Waals surface area contributed by atoms with Crippen LogP contribution in [-0.2, 0) is 9.47 Å². The van der Waals surface area contributed by atoms with Crippen molar-refractivity contribution in [1.29, 1.82) is 0 Å². The molecule has 2 atom stereocenters. The highest BCUT2D eigenvalue weighted by atomic mass is 16.5. The molecule has 0 fully saturated rings. The molecule has 0 saturated carbocycles. The predicted molar refractivity (Wildman–Crippen MR) is 60.9 cm³/mol. The molecule has 0 aliphatic heterocycles. The van der Waals surface area contributed by atoms with Crippen LogP contribution in [0.5, 0.6) is 0 Å². The Labute approximate surface area is 91.4 Å². The van der Waals surface area contributed by atoms with E-state index in [0.717, 1.165) is 5.56 Å².